The largest absolute Gasteiger partial charge is 0.462 e. The molecule has 2 fully saturated rings. The van der Waals surface area contributed by atoms with E-state index in [1.165, 1.54) is 12.8 Å². The molecule has 0 N–H and O–H groups in total. The maximum atomic E-state index is 12.6. The maximum absolute atomic E-state index is 12.6. The fraction of sp³-hybridized carbons (Fsp3) is 0.895. The minimum absolute atomic E-state index is 0.0384. The summed E-state index contributed by atoms with van der Waals surface area (Å²) < 4.78 is 11.3. The van der Waals surface area contributed by atoms with Crippen LogP contribution in [0.5, 0.6) is 0 Å². The van der Waals surface area contributed by atoms with Crippen molar-refractivity contribution in [2.24, 2.45) is 5.41 Å². The van der Waals surface area contributed by atoms with Crippen molar-refractivity contribution in [1.29, 1.82) is 0 Å². The van der Waals surface area contributed by atoms with Crippen molar-refractivity contribution in [2.75, 3.05) is 0 Å². The van der Waals surface area contributed by atoms with Gasteiger partial charge in [-0.3, -0.25) is 9.59 Å². The third-order valence-electron chi connectivity index (χ3n) is 5.48. The molecule has 0 aromatic carbocycles. The predicted molar refractivity (Wildman–Crippen MR) is 88.9 cm³/mol. The molecule has 2 rings (SSSR count). The molecule has 0 heterocycles. The van der Waals surface area contributed by atoms with Gasteiger partial charge in [0.15, 0.2) is 0 Å². The Morgan fingerprint density at radius 2 is 1.35 bits per heavy atom. The lowest BCUT2D eigenvalue weighted by molar-refractivity contribution is -0.169. The molecular formula is C19H32O4. The first kappa shape index (κ1) is 18.3. The second kappa shape index (κ2) is 8.70. The zero-order valence-electron chi connectivity index (χ0n) is 14.8. The van der Waals surface area contributed by atoms with Crippen LogP contribution < -0.4 is 0 Å². The topological polar surface area (TPSA) is 52.6 Å². The Morgan fingerprint density at radius 3 is 1.83 bits per heavy atom. The van der Waals surface area contributed by atoms with Gasteiger partial charge in [0.25, 0.3) is 0 Å². The van der Waals surface area contributed by atoms with E-state index in [0.717, 1.165) is 51.4 Å². The van der Waals surface area contributed by atoms with Crippen molar-refractivity contribution < 1.29 is 19.1 Å². The number of carbonyl (C=O) groups excluding carboxylic acids is 2. The Kier molecular flexibility index (Phi) is 6.91. The third kappa shape index (κ3) is 5.50. The SMILES string of the molecule is CCC(C)(CC(=O)OC1CCCCC1)C(=O)OC1CCCCC1. The van der Waals surface area contributed by atoms with Crippen LogP contribution in [0.1, 0.15) is 90.9 Å². The van der Waals surface area contributed by atoms with Crippen molar-refractivity contribution >= 4 is 11.9 Å². The molecule has 1 atom stereocenters. The molecule has 4 heteroatoms. The molecule has 0 bridgehead atoms. The molecule has 1 unspecified atom stereocenters. The van der Waals surface area contributed by atoms with Crippen LogP contribution in [0.3, 0.4) is 0 Å². The van der Waals surface area contributed by atoms with E-state index in [-0.39, 0.29) is 30.6 Å². The number of rotatable bonds is 6. The van der Waals surface area contributed by atoms with Gasteiger partial charge in [0.1, 0.15) is 12.2 Å². The first-order chi connectivity index (χ1) is 11.0. The van der Waals surface area contributed by atoms with Gasteiger partial charge in [0.05, 0.1) is 11.8 Å². The Bertz CT molecular complexity index is 394. The number of ether oxygens (including phenoxy) is 2. The summed E-state index contributed by atoms with van der Waals surface area (Å²) in [6.07, 6.45) is 11.6. The summed E-state index contributed by atoms with van der Waals surface area (Å²) in [5, 5.41) is 0. The predicted octanol–water partition coefficient (Wildman–Crippen LogP) is 4.54. The van der Waals surface area contributed by atoms with E-state index in [0.29, 0.717) is 6.42 Å². The molecular weight excluding hydrogens is 292 g/mol. The lowest BCUT2D eigenvalue weighted by Crippen LogP contribution is -2.36. The van der Waals surface area contributed by atoms with Crippen molar-refractivity contribution in [3.8, 4) is 0 Å². The van der Waals surface area contributed by atoms with E-state index in [4.69, 9.17) is 9.47 Å². The van der Waals surface area contributed by atoms with Crippen LogP contribution in [0, 0.1) is 5.41 Å². The summed E-state index contributed by atoms with van der Waals surface area (Å²) in [5.74, 6) is -0.477. The van der Waals surface area contributed by atoms with Gasteiger partial charge in [-0.1, -0.05) is 19.8 Å². The van der Waals surface area contributed by atoms with E-state index in [9.17, 15) is 9.59 Å². The molecule has 0 aromatic rings. The summed E-state index contributed by atoms with van der Waals surface area (Å²) in [7, 11) is 0. The van der Waals surface area contributed by atoms with Crippen molar-refractivity contribution in [1.82, 2.24) is 0 Å². The molecule has 0 spiro atoms. The maximum Gasteiger partial charge on any atom is 0.312 e. The molecule has 2 saturated carbocycles. The third-order valence-corrected chi connectivity index (χ3v) is 5.48. The van der Waals surface area contributed by atoms with E-state index in [1.54, 1.807) is 0 Å². The van der Waals surface area contributed by atoms with Crippen molar-refractivity contribution in [2.45, 2.75) is 103 Å². The van der Waals surface area contributed by atoms with Gasteiger partial charge in [0, 0.05) is 0 Å². The van der Waals surface area contributed by atoms with Crippen LogP contribution in [0.2, 0.25) is 0 Å². The van der Waals surface area contributed by atoms with Crippen molar-refractivity contribution in [3.05, 3.63) is 0 Å². The second-order valence-corrected chi connectivity index (χ2v) is 7.51. The molecule has 23 heavy (non-hydrogen) atoms. The lowest BCUT2D eigenvalue weighted by Gasteiger charge is -2.30. The van der Waals surface area contributed by atoms with E-state index < -0.39 is 5.41 Å². The van der Waals surface area contributed by atoms with Gasteiger partial charge in [-0.15, -0.1) is 0 Å². The number of hydrogen-bond donors (Lipinski definition) is 0. The standard InChI is InChI=1S/C19H32O4/c1-3-19(2,18(21)23-16-12-8-5-9-13-16)14-17(20)22-15-10-6-4-7-11-15/h15-16H,3-14H2,1-2H3. The number of carbonyl (C=O) groups is 2. The van der Waals surface area contributed by atoms with Crippen molar-refractivity contribution in [3.63, 3.8) is 0 Å². The van der Waals surface area contributed by atoms with E-state index in [2.05, 4.69) is 0 Å². The summed E-state index contributed by atoms with van der Waals surface area (Å²) in [6, 6.07) is 0. The molecule has 4 nitrogen and oxygen atoms in total. The fourth-order valence-electron chi connectivity index (χ4n) is 3.55. The first-order valence-electron chi connectivity index (χ1n) is 9.44. The molecule has 0 saturated heterocycles. The lowest BCUT2D eigenvalue weighted by atomic mass is 9.83. The average molecular weight is 324 g/mol. The fourth-order valence-corrected chi connectivity index (χ4v) is 3.55. The Labute approximate surface area is 140 Å². The van der Waals surface area contributed by atoms with Crippen LogP contribution in [0.15, 0.2) is 0 Å². The van der Waals surface area contributed by atoms with Crippen LogP contribution in [-0.2, 0) is 19.1 Å². The highest BCUT2D eigenvalue weighted by Crippen LogP contribution is 2.32. The minimum Gasteiger partial charge on any atom is -0.462 e. The molecule has 132 valence electrons. The summed E-state index contributed by atoms with van der Waals surface area (Å²) >= 11 is 0. The first-order valence-corrected chi connectivity index (χ1v) is 9.44. The highest BCUT2D eigenvalue weighted by Gasteiger charge is 2.38. The normalized spacial score (nSPS) is 23.0. The highest BCUT2D eigenvalue weighted by molar-refractivity contribution is 5.83. The average Bonchev–Trinajstić information content (AvgIpc) is 2.56. The molecule has 0 aromatic heterocycles. The van der Waals surface area contributed by atoms with Gasteiger partial charge in [0.2, 0.25) is 0 Å². The van der Waals surface area contributed by atoms with Crippen LogP contribution in [0.4, 0.5) is 0 Å². The van der Waals surface area contributed by atoms with Gasteiger partial charge in [-0.25, -0.2) is 0 Å². The van der Waals surface area contributed by atoms with Crippen LogP contribution in [0.25, 0.3) is 0 Å². The number of esters is 2. The monoisotopic (exact) mass is 324 g/mol. The Morgan fingerprint density at radius 1 is 0.870 bits per heavy atom. The Balaban J connectivity index is 1.84. The zero-order chi connectivity index (χ0) is 16.7. The smallest absolute Gasteiger partial charge is 0.312 e. The quantitative estimate of drug-likeness (QED) is 0.673. The summed E-state index contributed by atoms with van der Waals surface area (Å²) in [5.41, 5.74) is -0.761. The van der Waals surface area contributed by atoms with Gasteiger partial charge < -0.3 is 9.47 Å². The summed E-state index contributed by atoms with van der Waals surface area (Å²) in [4.78, 5) is 24.8. The molecule has 2 aliphatic carbocycles. The molecule has 0 radical (unpaired) electrons. The van der Waals surface area contributed by atoms with Crippen LogP contribution >= 0.6 is 0 Å². The highest BCUT2D eigenvalue weighted by atomic mass is 16.6. The minimum atomic E-state index is -0.761. The summed E-state index contributed by atoms with van der Waals surface area (Å²) in [6.45, 7) is 3.77. The van der Waals surface area contributed by atoms with E-state index >= 15 is 0 Å². The second-order valence-electron chi connectivity index (χ2n) is 7.51. The van der Waals surface area contributed by atoms with E-state index in [1.807, 2.05) is 13.8 Å². The van der Waals surface area contributed by atoms with Crippen LogP contribution in [-0.4, -0.2) is 24.1 Å². The van der Waals surface area contributed by atoms with Gasteiger partial charge >= 0.3 is 11.9 Å². The van der Waals surface area contributed by atoms with Gasteiger partial charge in [-0.05, 0) is 64.7 Å². The number of hydrogen-bond acceptors (Lipinski definition) is 4. The zero-order valence-corrected chi connectivity index (χ0v) is 14.8. The Hall–Kier alpha value is -1.06. The van der Waals surface area contributed by atoms with Gasteiger partial charge in [-0.2, -0.15) is 0 Å². The molecule has 0 amide bonds. The molecule has 0 aliphatic heterocycles. The molecule has 2 aliphatic rings.